The molecule has 0 radical (unpaired) electrons. The average molecular weight is 220 g/mol. The maximum absolute atomic E-state index is 10.8. The van der Waals surface area contributed by atoms with Crippen LogP contribution in [0.1, 0.15) is 16.1 Å². The van der Waals surface area contributed by atoms with Gasteiger partial charge in [-0.1, -0.05) is 17.7 Å². The van der Waals surface area contributed by atoms with Crippen LogP contribution in [0.5, 0.6) is 0 Å². The predicted octanol–water partition coefficient (Wildman–Crippen LogP) is 3.25. The summed E-state index contributed by atoms with van der Waals surface area (Å²) in [7, 11) is 0. The van der Waals surface area contributed by atoms with Gasteiger partial charge in [0.1, 0.15) is 0 Å². The molecule has 1 heterocycles. The van der Waals surface area contributed by atoms with E-state index in [4.69, 9.17) is 11.6 Å². The molecule has 2 rings (SSSR count). The number of carbonyl (C=O) groups is 1. The van der Waals surface area contributed by atoms with E-state index < -0.39 is 0 Å². The smallest absolute Gasteiger partial charge is 0.166 e. The largest absolute Gasteiger partial charge is 0.314 e. The molecular formula is C12H10ClNO. The Hall–Kier alpha value is -1.54. The first kappa shape index (κ1) is 9.99. The first-order valence-electron chi connectivity index (χ1n) is 4.62. The Bertz CT molecular complexity index is 502. The first-order valence-corrected chi connectivity index (χ1v) is 5.00. The van der Waals surface area contributed by atoms with Gasteiger partial charge in [0.25, 0.3) is 0 Å². The molecule has 0 atom stereocenters. The van der Waals surface area contributed by atoms with Crippen molar-refractivity contribution >= 4 is 17.9 Å². The van der Waals surface area contributed by atoms with E-state index in [2.05, 4.69) is 0 Å². The second-order valence-electron chi connectivity index (χ2n) is 3.30. The molecule has 0 saturated heterocycles. The number of rotatable bonds is 2. The molecule has 0 spiro atoms. The molecule has 0 aliphatic rings. The summed E-state index contributed by atoms with van der Waals surface area (Å²) in [4.78, 5) is 10.8. The van der Waals surface area contributed by atoms with E-state index in [1.807, 2.05) is 42.0 Å². The summed E-state index contributed by atoms with van der Waals surface area (Å²) in [6.45, 7) is 1.94. The highest BCUT2D eigenvalue weighted by atomic mass is 35.5. The van der Waals surface area contributed by atoms with Crippen LogP contribution in [-0.2, 0) is 0 Å². The summed E-state index contributed by atoms with van der Waals surface area (Å²) < 4.78 is 1.83. The van der Waals surface area contributed by atoms with Crippen LogP contribution in [0.4, 0.5) is 0 Å². The first-order chi connectivity index (χ1) is 7.24. The van der Waals surface area contributed by atoms with Crippen LogP contribution in [0, 0.1) is 6.92 Å². The third-order valence-electron chi connectivity index (χ3n) is 2.40. The minimum absolute atomic E-state index is 0.625. The number of hydrogen-bond donors (Lipinski definition) is 0. The number of hydrogen-bond acceptors (Lipinski definition) is 1. The molecule has 76 valence electrons. The highest BCUT2D eigenvalue weighted by molar-refractivity contribution is 6.31. The molecule has 2 aromatic rings. The Balaban J connectivity index is 2.64. The lowest BCUT2D eigenvalue weighted by atomic mass is 10.2. The van der Waals surface area contributed by atoms with E-state index in [9.17, 15) is 4.79 Å². The van der Waals surface area contributed by atoms with Gasteiger partial charge in [0.15, 0.2) is 6.29 Å². The summed E-state index contributed by atoms with van der Waals surface area (Å²) in [5.41, 5.74) is 2.54. The van der Waals surface area contributed by atoms with Crippen molar-refractivity contribution < 1.29 is 4.79 Å². The van der Waals surface area contributed by atoms with Crippen molar-refractivity contribution in [3.05, 3.63) is 52.8 Å². The van der Waals surface area contributed by atoms with Crippen LogP contribution in [0.15, 0.2) is 36.5 Å². The van der Waals surface area contributed by atoms with Crippen LogP contribution in [-0.4, -0.2) is 10.9 Å². The number of nitrogens with zero attached hydrogens (tertiary/aromatic N) is 1. The van der Waals surface area contributed by atoms with Crippen molar-refractivity contribution in [3.8, 4) is 5.69 Å². The molecule has 0 saturated carbocycles. The Morgan fingerprint density at radius 2 is 2.07 bits per heavy atom. The van der Waals surface area contributed by atoms with Crippen LogP contribution < -0.4 is 0 Å². The summed E-state index contributed by atoms with van der Waals surface area (Å²) in [5, 5.41) is 0.707. The van der Waals surface area contributed by atoms with Crippen molar-refractivity contribution in [2.75, 3.05) is 0 Å². The van der Waals surface area contributed by atoms with Crippen LogP contribution in [0.3, 0.4) is 0 Å². The lowest BCUT2D eigenvalue weighted by molar-refractivity contribution is 0.111. The van der Waals surface area contributed by atoms with Gasteiger partial charge in [0, 0.05) is 11.2 Å². The van der Waals surface area contributed by atoms with E-state index in [0.29, 0.717) is 10.7 Å². The quantitative estimate of drug-likeness (QED) is 0.711. The second kappa shape index (κ2) is 3.91. The fourth-order valence-electron chi connectivity index (χ4n) is 1.57. The number of aromatic nitrogens is 1. The minimum atomic E-state index is 0.625. The molecule has 0 aliphatic carbocycles. The maximum atomic E-state index is 10.8. The summed E-state index contributed by atoms with van der Waals surface area (Å²) in [6, 6.07) is 9.26. The second-order valence-corrected chi connectivity index (χ2v) is 3.71. The van der Waals surface area contributed by atoms with Crippen molar-refractivity contribution in [1.82, 2.24) is 4.57 Å². The Morgan fingerprint density at radius 3 is 2.80 bits per heavy atom. The molecular weight excluding hydrogens is 210 g/mol. The highest BCUT2D eigenvalue weighted by Crippen LogP contribution is 2.23. The molecule has 0 unspecified atom stereocenters. The standard InChI is InChI=1S/C12H10ClNO/c1-9-11(13)5-2-6-12(9)14-7-3-4-10(14)8-15/h2-8H,1H3. The van der Waals surface area contributed by atoms with Crippen molar-refractivity contribution in [1.29, 1.82) is 0 Å². The molecule has 1 aromatic carbocycles. The lowest BCUT2D eigenvalue weighted by Gasteiger charge is -2.09. The summed E-state index contributed by atoms with van der Waals surface area (Å²) in [6.07, 6.45) is 2.68. The molecule has 0 fully saturated rings. The average Bonchev–Trinajstić information content (AvgIpc) is 2.70. The van der Waals surface area contributed by atoms with Crippen molar-refractivity contribution in [2.24, 2.45) is 0 Å². The van der Waals surface area contributed by atoms with E-state index in [1.54, 1.807) is 6.07 Å². The van der Waals surface area contributed by atoms with Gasteiger partial charge in [-0.2, -0.15) is 0 Å². The number of aldehydes is 1. The number of carbonyl (C=O) groups excluding carboxylic acids is 1. The summed E-state index contributed by atoms with van der Waals surface area (Å²) >= 11 is 6.02. The van der Waals surface area contributed by atoms with Crippen molar-refractivity contribution in [2.45, 2.75) is 6.92 Å². The normalized spacial score (nSPS) is 10.3. The van der Waals surface area contributed by atoms with Gasteiger partial charge in [-0.25, -0.2) is 0 Å². The molecule has 0 N–H and O–H groups in total. The summed E-state index contributed by atoms with van der Waals surface area (Å²) in [5.74, 6) is 0. The van der Waals surface area contributed by atoms with Gasteiger partial charge >= 0.3 is 0 Å². The maximum Gasteiger partial charge on any atom is 0.166 e. The molecule has 15 heavy (non-hydrogen) atoms. The van der Waals surface area contributed by atoms with E-state index >= 15 is 0 Å². The molecule has 0 aliphatic heterocycles. The van der Waals surface area contributed by atoms with Gasteiger partial charge in [-0.3, -0.25) is 4.79 Å². The topological polar surface area (TPSA) is 22.0 Å². The third-order valence-corrected chi connectivity index (χ3v) is 2.81. The van der Waals surface area contributed by atoms with Gasteiger partial charge in [0.05, 0.1) is 11.4 Å². The molecule has 0 amide bonds. The van der Waals surface area contributed by atoms with Gasteiger partial charge in [-0.05, 0) is 36.8 Å². The van der Waals surface area contributed by atoms with Crippen LogP contribution >= 0.6 is 11.6 Å². The SMILES string of the molecule is Cc1c(Cl)cccc1-n1cccc1C=O. The van der Waals surface area contributed by atoms with Crippen molar-refractivity contribution in [3.63, 3.8) is 0 Å². The van der Waals surface area contributed by atoms with Gasteiger partial charge < -0.3 is 4.57 Å². The number of benzene rings is 1. The number of halogens is 1. The fraction of sp³-hybridized carbons (Fsp3) is 0.0833. The van der Waals surface area contributed by atoms with Crippen LogP contribution in [0.25, 0.3) is 5.69 Å². The van der Waals surface area contributed by atoms with Gasteiger partial charge in [-0.15, -0.1) is 0 Å². The molecule has 3 heteroatoms. The Kier molecular flexibility index (Phi) is 2.60. The Labute approximate surface area is 93.1 Å². The van der Waals surface area contributed by atoms with E-state index in [-0.39, 0.29) is 0 Å². The monoisotopic (exact) mass is 219 g/mol. The van der Waals surface area contributed by atoms with E-state index in [0.717, 1.165) is 17.5 Å². The van der Waals surface area contributed by atoms with Gasteiger partial charge in [0.2, 0.25) is 0 Å². The van der Waals surface area contributed by atoms with Crippen LogP contribution in [0.2, 0.25) is 5.02 Å². The zero-order valence-electron chi connectivity index (χ0n) is 8.27. The fourth-order valence-corrected chi connectivity index (χ4v) is 1.74. The zero-order valence-corrected chi connectivity index (χ0v) is 9.03. The minimum Gasteiger partial charge on any atom is -0.314 e. The molecule has 1 aromatic heterocycles. The Morgan fingerprint density at radius 1 is 1.27 bits per heavy atom. The predicted molar refractivity (Wildman–Crippen MR) is 60.9 cm³/mol. The third kappa shape index (κ3) is 1.68. The lowest BCUT2D eigenvalue weighted by Crippen LogP contribution is -1.99. The molecule has 0 bridgehead atoms. The zero-order chi connectivity index (χ0) is 10.8. The van der Waals surface area contributed by atoms with E-state index in [1.165, 1.54) is 0 Å². The molecule has 2 nitrogen and oxygen atoms in total. The highest BCUT2D eigenvalue weighted by Gasteiger charge is 2.06.